The maximum atomic E-state index is 12.7. The van der Waals surface area contributed by atoms with E-state index < -0.39 is 0 Å². The molecule has 0 unspecified atom stereocenters. The lowest BCUT2D eigenvalue weighted by Gasteiger charge is -2.14. The minimum atomic E-state index is -0.257. The molecule has 1 heterocycles. The quantitative estimate of drug-likeness (QED) is 0.499. The summed E-state index contributed by atoms with van der Waals surface area (Å²) in [5.41, 5.74) is 1.20. The van der Waals surface area contributed by atoms with E-state index in [-0.39, 0.29) is 21.7 Å². The van der Waals surface area contributed by atoms with E-state index in [2.05, 4.69) is 0 Å². The van der Waals surface area contributed by atoms with Crippen LogP contribution in [-0.2, 0) is 4.79 Å². The second-order valence-electron chi connectivity index (χ2n) is 4.83. The molecule has 1 saturated heterocycles. The van der Waals surface area contributed by atoms with Gasteiger partial charge in [0.2, 0.25) is 0 Å². The molecule has 0 atom stereocenters. The monoisotopic (exact) mass is 415 g/mol. The minimum Gasteiger partial charge on any atom is -0.505 e. The Bertz CT molecular complexity index is 876. The Kier molecular flexibility index (Phi) is 5.08. The third-order valence-electron chi connectivity index (χ3n) is 3.20. The first-order chi connectivity index (χ1) is 11.4. The molecule has 1 aliphatic heterocycles. The Morgan fingerprint density at radius 2 is 1.79 bits per heavy atom. The van der Waals surface area contributed by atoms with Gasteiger partial charge in [0.1, 0.15) is 0 Å². The second-order valence-corrected chi connectivity index (χ2v) is 7.76. The Morgan fingerprint density at radius 1 is 1.12 bits per heavy atom. The fourth-order valence-electron chi connectivity index (χ4n) is 2.13. The summed E-state index contributed by atoms with van der Waals surface area (Å²) in [4.78, 5) is 14.5. The van der Waals surface area contributed by atoms with Crippen LogP contribution >= 0.6 is 58.8 Å². The van der Waals surface area contributed by atoms with Crippen LogP contribution in [-0.4, -0.2) is 15.3 Å². The number of rotatable bonds is 2. The molecule has 0 radical (unpaired) electrons. The number of phenols is 1. The maximum Gasteiger partial charge on any atom is 0.270 e. The smallest absolute Gasteiger partial charge is 0.270 e. The van der Waals surface area contributed by atoms with Gasteiger partial charge in [0.15, 0.2) is 10.1 Å². The van der Waals surface area contributed by atoms with E-state index in [0.29, 0.717) is 25.5 Å². The lowest BCUT2D eigenvalue weighted by Crippen LogP contribution is -2.27. The molecule has 0 saturated carbocycles. The minimum absolute atomic E-state index is 0.110. The van der Waals surface area contributed by atoms with Crippen LogP contribution in [0.3, 0.4) is 0 Å². The van der Waals surface area contributed by atoms with Crippen molar-refractivity contribution >= 4 is 80.8 Å². The molecule has 0 aliphatic carbocycles. The molecule has 1 aliphatic rings. The third kappa shape index (κ3) is 3.41. The average Bonchev–Trinajstić information content (AvgIpc) is 2.79. The summed E-state index contributed by atoms with van der Waals surface area (Å²) in [5.74, 6) is -0.449. The first-order valence-corrected chi connectivity index (χ1v) is 8.94. The molecule has 1 N–H and O–H groups in total. The molecule has 122 valence electrons. The standard InChI is InChI=1S/C16H8Cl3NO2S2/c17-9-2-1-3-10(7-9)20-15(22)13(24-16(20)23)6-8-4-11(18)14(21)12(19)5-8/h1-7,21H/b13-6+. The van der Waals surface area contributed by atoms with Crippen molar-refractivity contribution in [3.63, 3.8) is 0 Å². The SMILES string of the molecule is O=C1/C(=C\c2cc(Cl)c(O)c(Cl)c2)SC(=S)N1c1cccc(Cl)c1. The Labute approximate surface area is 162 Å². The molecule has 24 heavy (non-hydrogen) atoms. The zero-order chi connectivity index (χ0) is 17.4. The van der Waals surface area contributed by atoms with Crippen molar-refractivity contribution in [3.05, 3.63) is 61.9 Å². The zero-order valence-electron chi connectivity index (χ0n) is 11.8. The molecular weight excluding hydrogens is 409 g/mol. The van der Waals surface area contributed by atoms with Gasteiger partial charge in [-0.1, -0.05) is 64.8 Å². The van der Waals surface area contributed by atoms with E-state index in [4.69, 9.17) is 47.0 Å². The highest BCUT2D eigenvalue weighted by atomic mass is 35.5. The van der Waals surface area contributed by atoms with Crippen molar-refractivity contribution in [2.45, 2.75) is 0 Å². The van der Waals surface area contributed by atoms with Gasteiger partial charge in [-0.3, -0.25) is 9.69 Å². The van der Waals surface area contributed by atoms with E-state index in [9.17, 15) is 9.90 Å². The number of thioether (sulfide) groups is 1. The number of carbonyl (C=O) groups is 1. The summed E-state index contributed by atoms with van der Waals surface area (Å²) in [6, 6.07) is 9.94. The van der Waals surface area contributed by atoms with Gasteiger partial charge in [0, 0.05) is 5.02 Å². The number of aromatic hydroxyl groups is 1. The Hall–Kier alpha value is -1.24. The Balaban J connectivity index is 1.97. The molecular formula is C16H8Cl3NO2S2. The van der Waals surface area contributed by atoms with Crippen LogP contribution in [0.15, 0.2) is 41.3 Å². The van der Waals surface area contributed by atoms with E-state index >= 15 is 0 Å². The van der Waals surface area contributed by atoms with Crippen LogP contribution < -0.4 is 4.90 Å². The van der Waals surface area contributed by atoms with Gasteiger partial charge in [-0.05, 0) is 42.0 Å². The molecule has 8 heteroatoms. The van der Waals surface area contributed by atoms with Crippen LogP contribution in [0.1, 0.15) is 5.56 Å². The van der Waals surface area contributed by atoms with Crippen molar-refractivity contribution in [2.75, 3.05) is 4.90 Å². The lowest BCUT2D eigenvalue weighted by molar-refractivity contribution is -0.113. The van der Waals surface area contributed by atoms with Crippen molar-refractivity contribution in [1.29, 1.82) is 0 Å². The number of nitrogens with zero attached hydrogens (tertiary/aromatic N) is 1. The zero-order valence-corrected chi connectivity index (χ0v) is 15.7. The fourth-order valence-corrected chi connectivity index (χ4v) is 4.11. The van der Waals surface area contributed by atoms with E-state index in [1.807, 2.05) is 0 Å². The highest BCUT2D eigenvalue weighted by Gasteiger charge is 2.33. The molecule has 1 fully saturated rings. The molecule has 3 rings (SSSR count). The molecule has 2 aromatic rings. The number of hydrogen-bond donors (Lipinski definition) is 1. The van der Waals surface area contributed by atoms with Gasteiger partial charge in [0.05, 0.1) is 20.6 Å². The number of anilines is 1. The lowest BCUT2D eigenvalue weighted by atomic mass is 10.2. The van der Waals surface area contributed by atoms with Gasteiger partial charge >= 0.3 is 0 Å². The van der Waals surface area contributed by atoms with Crippen LogP contribution in [0.2, 0.25) is 15.1 Å². The second kappa shape index (κ2) is 6.94. The largest absolute Gasteiger partial charge is 0.505 e. The van der Waals surface area contributed by atoms with Crippen LogP contribution in [0.4, 0.5) is 5.69 Å². The van der Waals surface area contributed by atoms with Gasteiger partial charge in [-0.25, -0.2) is 0 Å². The van der Waals surface area contributed by atoms with Crippen molar-refractivity contribution in [2.24, 2.45) is 0 Å². The number of carbonyl (C=O) groups excluding carboxylic acids is 1. The van der Waals surface area contributed by atoms with Gasteiger partial charge in [-0.2, -0.15) is 0 Å². The van der Waals surface area contributed by atoms with Crippen LogP contribution in [0.5, 0.6) is 5.75 Å². The fraction of sp³-hybridized carbons (Fsp3) is 0. The van der Waals surface area contributed by atoms with Gasteiger partial charge in [0.25, 0.3) is 5.91 Å². The number of hydrogen-bond acceptors (Lipinski definition) is 4. The highest BCUT2D eigenvalue weighted by Crippen LogP contribution is 2.38. The number of amides is 1. The molecule has 1 amide bonds. The van der Waals surface area contributed by atoms with E-state index in [1.54, 1.807) is 30.3 Å². The van der Waals surface area contributed by atoms with Gasteiger partial charge < -0.3 is 5.11 Å². The van der Waals surface area contributed by atoms with Crippen LogP contribution in [0.25, 0.3) is 6.08 Å². The van der Waals surface area contributed by atoms with Crippen LogP contribution in [0, 0.1) is 0 Å². The summed E-state index contributed by atoms with van der Waals surface area (Å²) < 4.78 is 0.407. The molecule has 3 nitrogen and oxygen atoms in total. The van der Waals surface area contributed by atoms with Crippen molar-refractivity contribution < 1.29 is 9.90 Å². The normalized spacial score (nSPS) is 16.3. The van der Waals surface area contributed by atoms with E-state index in [0.717, 1.165) is 0 Å². The summed E-state index contributed by atoms with van der Waals surface area (Å²) in [6.07, 6.45) is 1.63. The highest BCUT2D eigenvalue weighted by molar-refractivity contribution is 8.27. The third-order valence-corrected chi connectivity index (χ3v) is 5.31. The summed E-state index contributed by atoms with van der Waals surface area (Å²) in [5, 5.41) is 10.3. The van der Waals surface area contributed by atoms with Crippen molar-refractivity contribution in [3.8, 4) is 5.75 Å². The number of thiocarbonyl (C=S) groups is 1. The van der Waals surface area contributed by atoms with Crippen molar-refractivity contribution in [1.82, 2.24) is 0 Å². The predicted octanol–water partition coefficient (Wildman–Crippen LogP) is 5.76. The number of benzene rings is 2. The average molecular weight is 417 g/mol. The number of phenolic OH excluding ortho intramolecular Hbond substituents is 1. The first kappa shape index (κ1) is 17.6. The summed E-state index contributed by atoms with van der Waals surface area (Å²) in [7, 11) is 0. The predicted molar refractivity (Wildman–Crippen MR) is 105 cm³/mol. The first-order valence-electron chi connectivity index (χ1n) is 6.58. The molecule has 0 aromatic heterocycles. The topological polar surface area (TPSA) is 40.5 Å². The van der Waals surface area contributed by atoms with Gasteiger partial charge in [-0.15, -0.1) is 0 Å². The Morgan fingerprint density at radius 3 is 2.42 bits per heavy atom. The molecule has 0 bridgehead atoms. The molecule has 2 aromatic carbocycles. The molecule has 0 spiro atoms. The number of halogens is 3. The summed E-state index contributed by atoms with van der Waals surface area (Å²) in [6.45, 7) is 0. The van der Waals surface area contributed by atoms with E-state index in [1.165, 1.54) is 28.8 Å². The maximum absolute atomic E-state index is 12.7. The summed E-state index contributed by atoms with van der Waals surface area (Å²) >= 11 is 24.3.